The number of ether oxygens (including phenoxy) is 2. The lowest BCUT2D eigenvalue weighted by molar-refractivity contribution is -0.137. The van der Waals surface area contributed by atoms with E-state index in [9.17, 15) is 4.79 Å². The average molecular weight is 422 g/mol. The van der Waals surface area contributed by atoms with Gasteiger partial charge in [-0.2, -0.15) is 0 Å². The van der Waals surface area contributed by atoms with E-state index < -0.39 is 8.32 Å². The SMILES string of the molecule is CCOC(=O)/C=C(\C)[C@@H](Nc1ccc(OC)cc1)[C@@H](C)CO[Si](C)(C)C(C)(C)C. The van der Waals surface area contributed by atoms with Crippen LogP contribution in [0.1, 0.15) is 41.5 Å². The third-order valence-corrected chi connectivity index (χ3v) is 10.1. The summed E-state index contributed by atoms with van der Waals surface area (Å²) in [5, 5.41) is 3.71. The van der Waals surface area contributed by atoms with Gasteiger partial charge in [0.2, 0.25) is 0 Å². The van der Waals surface area contributed by atoms with Crippen LogP contribution in [0.2, 0.25) is 18.1 Å². The molecule has 0 aliphatic carbocycles. The highest BCUT2D eigenvalue weighted by Gasteiger charge is 2.37. The number of carbonyl (C=O) groups is 1. The summed E-state index contributed by atoms with van der Waals surface area (Å²) < 4.78 is 16.8. The Labute approximate surface area is 178 Å². The smallest absolute Gasteiger partial charge is 0.330 e. The van der Waals surface area contributed by atoms with E-state index in [0.29, 0.717) is 13.2 Å². The van der Waals surface area contributed by atoms with Crippen molar-refractivity contribution in [2.75, 3.05) is 25.6 Å². The van der Waals surface area contributed by atoms with Gasteiger partial charge in [0.15, 0.2) is 8.32 Å². The Bertz CT molecular complexity index is 677. The maximum absolute atomic E-state index is 12.0. The number of hydrogen-bond acceptors (Lipinski definition) is 5. The molecule has 29 heavy (non-hydrogen) atoms. The Morgan fingerprint density at radius 1 is 1.21 bits per heavy atom. The number of nitrogens with one attached hydrogen (secondary N) is 1. The van der Waals surface area contributed by atoms with Crippen LogP contribution in [0.25, 0.3) is 0 Å². The van der Waals surface area contributed by atoms with E-state index in [1.807, 2.05) is 38.1 Å². The van der Waals surface area contributed by atoms with Crippen LogP contribution in [-0.2, 0) is 14.0 Å². The van der Waals surface area contributed by atoms with Crippen LogP contribution in [0.3, 0.4) is 0 Å². The number of benzene rings is 1. The van der Waals surface area contributed by atoms with Crippen molar-refractivity contribution in [2.45, 2.75) is 65.7 Å². The quantitative estimate of drug-likeness (QED) is 0.301. The summed E-state index contributed by atoms with van der Waals surface area (Å²) in [6, 6.07) is 7.73. The summed E-state index contributed by atoms with van der Waals surface area (Å²) in [6.07, 6.45) is 1.58. The second-order valence-electron chi connectivity index (χ2n) is 9.04. The molecule has 0 aliphatic heterocycles. The molecule has 0 aliphatic rings. The van der Waals surface area contributed by atoms with Gasteiger partial charge < -0.3 is 19.2 Å². The summed E-state index contributed by atoms with van der Waals surface area (Å²) in [7, 11) is -0.202. The second-order valence-corrected chi connectivity index (χ2v) is 13.8. The van der Waals surface area contributed by atoms with E-state index in [1.54, 1.807) is 13.2 Å². The van der Waals surface area contributed by atoms with Gasteiger partial charge in [-0.3, -0.25) is 0 Å². The van der Waals surface area contributed by atoms with Crippen molar-refractivity contribution in [2.24, 2.45) is 5.92 Å². The minimum Gasteiger partial charge on any atom is -0.497 e. The zero-order chi connectivity index (χ0) is 22.2. The maximum Gasteiger partial charge on any atom is 0.330 e. The molecule has 0 aromatic heterocycles. The van der Waals surface area contributed by atoms with E-state index in [0.717, 1.165) is 17.0 Å². The molecule has 1 aromatic carbocycles. The van der Waals surface area contributed by atoms with Crippen molar-refractivity contribution in [1.29, 1.82) is 0 Å². The predicted molar refractivity (Wildman–Crippen MR) is 123 cm³/mol. The summed E-state index contributed by atoms with van der Waals surface area (Å²) in [4.78, 5) is 12.0. The van der Waals surface area contributed by atoms with Crippen LogP contribution in [0.4, 0.5) is 5.69 Å². The van der Waals surface area contributed by atoms with Gasteiger partial charge in [0.1, 0.15) is 5.75 Å². The topological polar surface area (TPSA) is 56.8 Å². The van der Waals surface area contributed by atoms with Gasteiger partial charge in [0.25, 0.3) is 0 Å². The molecule has 0 saturated heterocycles. The van der Waals surface area contributed by atoms with Crippen LogP contribution >= 0.6 is 0 Å². The van der Waals surface area contributed by atoms with Crippen molar-refractivity contribution in [1.82, 2.24) is 0 Å². The first-order valence-electron chi connectivity index (χ1n) is 10.3. The zero-order valence-corrected chi connectivity index (χ0v) is 20.6. The van der Waals surface area contributed by atoms with Gasteiger partial charge in [-0.15, -0.1) is 0 Å². The Kier molecular flexibility index (Phi) is 9.43. The molecule has 1 N–H and O–H groups in total. The molecule has 0 bridgehead atoms. The highest BCUT2D eigenvalue weighted by atomic mass is 28.4. The highest BCUT2D eigenvalue weighted by molar-refractivity contribution is 6.74. The molecule has 0 heterocycles. The van der Waals surface area contributed by atoms with Crippen molar-refractivity contribution in [3.05, 3.63) is 35.9 Å². The van der Waals surface area contributed by atoms with Gasteiger partial charge in [-0.1, -0.05) is 27.7 Å². The lowest BCUT2D eigenvalue weighted by Gasteiger charge is -2.38. The van der Waals surface area contributed by atoms with Gasteiger partial charge in [-0.25, -0.2) is 4.79 Å². The zero-order valence-electron chi connectivity index (χ0n) is 19.6. The maximum atomic E-state index is 12.0. The monoisotopic (exact) mass is 421 g/mol. The molecule has 164 valence electrons. The number of anilines is 1. The third kappa shape index (κ3) is 7.86. The van der Waals surface area contributed by atoms with Crippen LogP contribution in [-0.4, -0.2) is 40.7 Å². The van der Waals surface area contributed by atoms with Crippen LogP contribution < -0.4 is 10.1 Å². The van der Waals surface area contributed by atoms with Crippen LogP contribution in [0, 0.1) is 5.92 Å². The van der Waals surface area contributed by atoms with Crippen molar-refractivity contribution >= 4 is 20.0 Å². The minimum atomic E-state index is -1.85. The molecule has 0 radical (unpaired) electrons. The molecule has 1 aromatic rings. The van der Waals surface area contributed by atoms with E-state index in [4.69, 9.17) is 13.9 Å². The predicted octanol–water partition coefficient (Wildman–Crippen LogP) is 5.64. The Balaban J connectivity index is 3.03. The molecule has 2 atom stereocenters. The second kappa shape index (κ2) is 10.8. The molecule has 0 fully saturated rings. The fraction of sp³-hybridized carbons (Fsp3) is 0.609. The van der Waals surface area contributed by atoms with E-state index >= 15 is 0 Å². The van der Waals surface area contributed by atoms with E-state index in [1.165, 1.54) is 0 Å². The Morgan fingerprint density at radius 3 is 2.28 bits per heavy atom. The first-order valence-corrected chi connectivity index (χ1v) is 13.2. The highest BCUT2D eigenvalue weighted by Crippen LogP contribution is 2.37. The summed E-state index contributed by atoms with van der Waals surface area (Å²) in [5.74, 6) is 0.654. The average Bonchev–Trinajstić information content (AvgIpc) is 2.63. The Morgan fingerprint density at radius 2 is 1.79 bits per heavy atom. The first-order chi connectivity index (χ1) is 13.4. The largest absolute Gasteiger partial charge is 0.497 e. The van der Waals surface area contributed by atoms with E-state index in [2.05, 4.69) is 46.1 Å². The Hall–Kier alpha value is -1.79. The minimum absolute atomic E-state index is 0.0578. The molecule has 0 spiro atoms. The molecular formula is C23H39NO4Si. The molecular weight excluding hydrogens is 382 g/mol. The normalized spacial score (nSPS) is 14.9. The summed E-state index contributed by atoms with van der Waals surface area (Å²) in [5.41, 5.74) is 1.89. The van der Waals surface area contributed by atoms with Crippen LogP contribution in [0.5, 0.6) is 5.75 Å². The molecule has 5 nitrogen and oxygen atoms in total. The van der Waals surface area contributed by atoms with Crippen molar-refractivity contribution in [3.8, 4) is 5.75 Å². The summed E-state index contributed by atoms with van der Waals surface area (Å²) in [6.45, 7) is 18.1. The van der Waals surface area contributed by atoms with Gasteiger partial charge in [0, 0.05) is 24.3 Å². The molecule has 0 amide bonds. The van der Waals surface area contributed by atoms with Gasteiger partial charge in [-0.05, 0) is 61.8 Å². The van der Waals surface area contributed by atoms with Gasteiger partial charge in [0.05, 0.1) is 19.8 Å². The number of hydrogen-bond donors (Lipinski definition) is 1. The number of rotatable bonds is 10. The number of esters is 1. The van der Waals surface area contributed by atoms with Crippen LogP contribution in [0.15, 0.2) is 35.9 Å². The lowest BCUT2D eigenvalue weighted by Crippen LogP contribution is -2.43. The number of carbonyl (C=O) groups excluding carboxylic acids is 1. The number of methoxy groups -OCH3 is 1. The standard InChI is InChI=1S/C23H39NO4Si/c1-10-27-21(25)15-17(2)22(24-19-11-13-20(26-7)14-12-19)18(3)16-28-29(8,9)23(4,5)6/h11-15,18,22,24H,10,16H2,1-9H3/b17-15+/t18-,22+/m0/s1. The van der Waals surface area contributed by atoms with E-state index in [-0.39, 0.29) is 23.0 Å². The molecule has 6 heteroatoms. The molecule has 0 saturated carbocycles. The van der Waals surface area contributed by atoms with Crippen molar-refractivity contribution in [3.63, 3.8) is 0 Å². The van der Waals surface area contributed by atoms with Crippen molar-refractivity contribution < 1.29 is 18.7 Å². The fourth-order valence-corrected chi connectivity index (χ4v) is 3.80. The molecule has 1 rings (SSSR count). The lowest BCUT2D eigenvalue weighted by atomic mass is 9.95. The first kappa shape index (κ1) is 25.2. The third-order valence-electron chi connectivity index (χ3n) is 5.62. The van der Waals surface area contributed by atoms with Gasteiger partial charge >= 0.3 is 5.97 Å². The fourth-order valence-electron chi connectivity index (χ4n) is 2.68. The molecule has 0 unspecified atom stereocenters. The summed E-state index contributed by atoms with van der Waals surface area (Å²) >= 11 is 0.